The van der Waals surface area contributed by atoms with Crippen LogP contribution in [0.1, 0.15) is 71.2 Å². The SMILES string of the molecule is CC(=O)O[C@]12C[C@H](C)[C@H](OC(=O)c3cccnc3)[C@@H]1[C@@H]1O[C@@]1(C)CC[C@H]1[C@@H](C=C(C)C2=O)C1(C)C. The topological polar surface area (TPSA) is 95.1 Å². The number of esters is 2. The van der Waals surface area contributed by atoms with Gasteiger partial charge in [0.25, 0.3) is 0 Å². The second kappa shape index (κ2) is 7.99. The van der Waals surface area contributed by atoms with Gasteiger partial charge in [0.05, 0.1) is 23.2 Å². The number of epoxide rings is 1. The van der Waals surface area contributed by atoms with E-state index in [0.29, 0.717) is 23.0 Å². The molecule has 0 radical (unpaired) electrons. The van der Waals surface area contributed by atoms with Crippen molar-refractivity contribution in [2.45, 2.75) is 84.2 Å². The lowest BCUT2D eigenvalue weighted by Gasteiger charge is -2.35. The zero-order valence-corrected chi connectivity index (χ0v) is 21.4. The Morgan fingerprint density at radius 2 is 1.97 bits per heavy atom. The number of aromatic nitrogens is 1. The van der Waals surface area contributed by atoms with E-state index in [4.69, 9.17) is 14.2 Å². The molecule has 2 saturated carbocycles. The summed E-state index contributed by atoms with van der Waals surface area (Å²) in [4.78, 5) is 43.6. The van der Waals surface area contributed by atoms with Gasteiger partial charge in [0.1, 0.15) is 6.10 Å². The first kappa shape index (κ1) is 24.2. The van der Waals surface area contributed by atoms with Gasteiger partial charge < -0.3 is 14.2 Å². The summed E-state index contributed by atoms with van der Waals surface area (Å²) in [5, 5.41) is 0. The summed E-state index contributed by atoms with van der Waals surface area (Å²) in [6.45, 7) is 11.6. The molecule has 0 spiro atoms. The van der Waals surface area contributed by atoms with Gasteiger partial charge in [-0.05, 0) is 67.6 Å². The second-order valence-corrected chi connectivity index (χ2v) is 11.8. The van der Waals surface area contributed by atoms with E-state index in [1.165, 1.54) is 13.1 Å². The molecule has 0 unspecified atom stereocenters. The van der Waals surface area contributed by atoms with E-state index >= 15 is 0 Å². The highest BCUT2D eigenvalue weighted by atomic mass is 16.6. The van der Waals surface area contributed by atoms with Gasteiger partial charge in [0.15, 0.2) is 5.60 Å². The smallest absolute Gasteiger partial charge is 0.339 e. The van der Waals surface area contributed by atoms with Crippen molar-refractivity contribution in [3.63, 3.8) is 0 Å². The van der Waals surface area contributed by atoms with E-state index in [9.17, 15) is 14.4 Å². The van der Waals surface area contributed by atoms with Crippen LogP contribution < -0.4 is 0 Å². The monoisotopic (exact) mass is 481 g/mol. The van der Waals surface area contributed by atoms with Crippen LogP contribution in [0.25, 0.3) is 0 Å². The predicted molar refractivity (Wildman–Crippen MR) is 127 cm³/mol. The standard InChI is InChI=1S/C28H35NO6/c1-15-12-20-19(26(20,4)5)9-10-27(6)24(35-27)21-22(33-25(32)18-8-7-11-29-14-18)16(2)13-28(21,23(15)31)34-17(3)30/h7-8,11-12,14,16,19-22,24H,9-10,13H2,1-6H3/t16-,19-,20+,21+,22-,24-,27-,28+/m0/s1. The summed E-state index contributed by atoms with van der Waals surface area (Å²) < 4.78 is 18.3. The lowest BCUT2D eigenvalue weighted by molar-refractivity contribution is -0.171. The molecule has 35 heavy (non-hydrogen) atoms. The highest BCUT2D eigenvalue weighted by Gasteiger charge is 2.72. The number of pyridine rings is 1. The number of ketones is 1. The van der Waals surface area contributed by atoms with Gasteiger partial charge in [-0.25, -0.2) is 4.79 Å². The third-order valence-electron chi connectivity index (χ3n) is 9.07. The number of fused-ring (bicyclic) bond motifs is 4. The van der Waals surface area contributed by atoms with Crippen LogP contribution in [0.3, 0.4) is 0 Å². The minimum Gasteiger partial charge on any atom is -0.458 e. The van der Waals surface area contributed by atoms with Crippen LogP contribution in [-0.4, -0.2) is 46.1 Å². The molecule has 3 aliphatic carbocycles. The molecule has 5 rings (SSSR count). The van der Waals surface area contributed by atoms with E-state index < -0.39 is 35.2 Å². The van der Waals surface area contributed by atoms with Gasteiger partial charge in [0, 0.05) is 25.7 Å². The molecule has 0 bridgehead atoms. The van der Waals surface area contributed by atoms with Gasteiger partial charge in [-0.2, -0.15) is 0 Å². The molecule has 1 saturated heterocycles. The number of carbonyl (C=O) groups excluding carboxylic acids is 3. The Morgan fingerprint density at radius 3 is 2.63 bits per heavy atom. The first-order valence-electron chi connectivity index (χ1n) is 12.6. The normalized spacial score (nSPS) is 41.3. The fourth-order valence-electron chi connectivity index (χ4n) is 6.99. The highest BCUT2D eigenvalue weighted by Crippen LogP contribution is 2.64. The summed E-state index contributed by atoms with van der Waals surface area (Å²) in [5.41, 5.74) is -0.827. The van der Waals surface area contributed by atoms with E-state index in [1.807, 2.05) is 13.8 Å². The van der Waals surface area contributed by atoms with Gasteiger partial charge in [-0.1, -0.05) is 26.8 Å². The molecule has 0 aromatic carbocycles. The van der Waals surface area contributed by atoms with Gasteiger partial charge in [-0.3, -0.25) is 14.6 Å². The van der Waals surface area contributed by atoms with Crippen LogP contribution in [-0.2, 0) is 23.8 Å². The molecule has 3 fully saturated rings. The Hall–Kier alpha value is -2.54. The summed E-state index contributed by atoms with van der Waals surface area (Å²) in [6, 6.07) is 3.33. The lowest BCUT2D eigenvalue weighted by atomic mass is 9.77. The van der Waals surface area contributed by atoms with Crippen molar-refractivity contribution in [1.82, 2.24) is 4.98 Å². The van der Waals surface area contributed by atoms with Crippen molar-refractivity contribution in [2.24, 2.45) is 29.1 Å². The van der Waals surface area contributed by atoms with Gasteiger partial charge in [0.2, 0.25) is 5.78 Å². The maximum Gasteiger partial charge on any atom is 0.339 e. The number of rotatable bonds is 3. The Labute approximate surface area is 206 Å². The van der Waals surface area contributed by atoms with E-state index in [-0.39, 0.29) is 29.6 Å². The molecule has 2 heterocycles. The van der Waals surface area contributed by atoms with Crippen LogP contribution in [0.5, 0.6) is 0 Å². The molecule has 0 N–H and O–H groups in total. The van der Waals surface area contributed by atoms with Gasteiger partial charge >= 0.3 is 11.9 Å². The number of Topliss-reactive ketones (excluding diaryl/α,β-unsaturated/α-hetero) is 1. The van der Waals surface area contributed by atoms with E-state index in [0.717, 1.165) is 12.8 Å². The maximum absolute atomic E-state index is 14.2. The number of hydrogen-bond acceptors (Lipinski definition) is 7. The number of allylic oxidation sites excluding steroid dienone is 1. The highest BCUT2D eigenvalue weighted by molar-refractivity contribution is 6.03. The third-order valence-corrected chi connectivity index (χ3v) is 9.07. The largest absolute Gasteiger partial charge is 0.458 e. The molecule has 8 atom stereocenters. The van der Waals surface area contributed by atoms with Crippen molar-refractivity contribution in [2.75, 3.05) is 0 Å². The maximum atomic E-state index is 14.2. The van der Waals surface area contributed by atoms with Crippen molar-refractivity contribution in [1.29, 1.82) is 0 Å². The molecule has 1 aromatic rings. The fraction of sp³-hybridized carbons (Fsp3) is 0.643. The molecular formula is C28H35NO6. The van der Waals surface area contributed by atoms with Crippen LogP contribution in [0.2, 0.25) is 0 Å². The minimum atomic E-state index is -1.44. The molecule has 4 aliphatic rings. The lowest BCUT2D eigenvalue weighted by Crippen LogP contribution is -2.52. The first-order chi connectivity index (χ1) is 16.4. The first-order valence-corrected chi connectivity index (χ1v) is 12.6. The molecule has 0 amide bonds. The molecular weight excluding hydrogens is 446 g/mol. The van der Waals surface area contributed by atoms with Crippen molar-refractivity contribution >= 4 is 17.7 Å². The quantitative estimate of drug-likeness (QED) is 0.469. The van der Waals surface area contributed by atoms with Crippen LogP contribution >= 0.6 is 0 Å². The summed E-state index contributed by atoms with van der Waals surface area (Å²) >= 11 is 0. The van der Waals surface area contributed by atoms with Crippen molar-refractivity contribution < 1.29 is 28.6 Å². The Bertz CT molecular complexity index is 1100. The van der Waals surface area contributed by atoms with Crippen LogP contribution in [0, 0.1) is 29.1 Å². The fourth-order valence-corrected chi connectivity index (χ4v) is 6.99. The second-order valence-electron chi connectivity index (χ2n) is 11.8. The van der Waals surface area contributed by atoms with E-state index in [1.54, 1.807) is 18.3 Å². The van der Waals surface area contributed by atoms with Crippen LogP contribution in [0.4, 0.5) is 0 Å². The number of ether oxygens (including phenoxy) is 3. The molecule has 1 aliphatic heterocycles. The van der Waals surface area contributed by atoms with Crippen molar-refractivity contribution in [3.05, 3.63) is 41.7 Å². The van der Waals surface area contributed by atoms with Gasteiger partial charge in [-0.15, -0.1) is 0 Å². The summed E-state index contributed by atoms with van der Waals surface area (Å²) in [6.07, 6.45) is 6.25. The predicted octanol–water partition coefficient (Wildman–Crippen LogP) is 4.30. The number of hydrogen-bond donors (Lipinski definition) is 0. The average molecular weight is 482 g/mol. The number of carbonyl (C=O) groups is 3. The molecule has 7 heteroatoms. The van der Waals surface area contributed by atoms with Crippen LogP contribution in [0.15, 0.2) is 36.2 Å². The van der Waals surface area contributed by atoms with E-state index in [2.05, 4.69) is 31.8 Å². The summed E-state index contributed by atoms with van der Waals surface area (Å²) in [7, 11) is 0. The molecule has 7 nitrogen and oxygen atoms in total. The van der Waals surface area contributed by atoms with Crippen molar-refractivity contribution in [3.8, 4) is 0 Å². The average Bonchev–Trinajstić information content (AvgIpc) is 3.56. The third kappa shape index (κ3) is 3.83. The zero-order valence-electron chi connectivity index (χ0n) is 21.4. The Morgan fingerprint density at radius 1 is 1.23 bits per heavy atom. The number of nitrogens with zero attached hydrogens (tertiary/aromatic N) is 1. The molecule has 188 valence electrons. The Kier molecular flexibility index (Phi) is 5.51. The Balaban J connectivity index is 1.57. The zero-order chi connectivity index (χ0) is 25.3. The minimum absolute atomic E-state index is 0.125. The summed E-state index contributed by atoms with van der Waals surface area (Å²) in [5.74, 6) is -1.25. The molecule has 1 aromatic heterocycles.